The summed E-state index contributed by atoms with van der Waals surface area (Å²) >= 11 is 0. The Labute approximate surface area is 168 Å². The van der Waals surface area contributed by atoms with Gasteiger partial charge in [0.15, 0.2) is 5.52 Å². The van der Waals surface area contributed by atoms with E-state index in [1.807, 2.05) is 19.3 Å². The average Bonchev–Trinajstić information content (AvgIpc) is 3.35. The quantitative estimate of drug-likeness (QED) is 0.332. The number of rotatable bonds is 2. The first-order chi connectivity index (χ1) is 13.9. The molecular weight excluding hydrogens is 388 g/mol. The minimum absolute atomic E-state index is 0.178. The van der Waals surface area contributed by atoms with Crippen molar-refractivity contribution in [3.63, 3.8) is 0 Å². The Hall–Kier alpha value is -3.23. The van der Waals surface area contributed by atoms with E-state index in [1.165, 1.54) is 23.2 Å². The highest BCUT2D eigenvalue weighted by molar-refractivity contribution is 7.85. The van der Waals surface area contributed by atoms with Gasteiger partial charge in [-0.3, -0.25) is 4.40 Å². The van der Waals surface area contributed by atoms with Gasteiger partial charge in [0, 0.05) is 12.4 Å². The molecule has 0 saturated heterocycles. The molecule has 3 heterocycles. The number of nitrogens with zero attached hydrogens (tertiary/aromatic N) is 4. The number of hydrogen-bond donors (Lipinski definition) is 0. The number of aromatic nitrogens is 4. The third-order valence-corrected chi connectivity index (χ3v) is 5.64. The monoisotopic (exact) mass is 408 g/mol. The molecule has 7 nitrogen and oxygen atoms in total. The fraction of sp³-hybridized carbons (Fsp3) is 0.143. The zero-order valence-corrected chi connectivity index (χ0v) is 16.9. The van der Waals surface area contributed by atoms with Crippen LogP contribution >= 0.6 is 0 Å². The van der Waals surface area contributed by atoms with Crippen molar-refractivity contribution in [3.8, 4) is 0 Å². The van der Waals surface area contributed by atoms with Crippen molar-refractivity contribution >= 4 is 32.4 Å². The number of aryl methyl sites for hydroxylation is 2. The molecule has 0 saturated carbocycles. The van der Waals surface area contributed by atoms with Crippen molar-refractivity contribution in [2.24, 2.45) is 0 Å². The Morgan fingerprint density at radius 2 is 1.66 bits per heavy atom. The second-order valence-electron chi connectivity index (χ2n) is 6.65. The summed E-state index contributed by atoms with van der Waals surface area (Å²) in [5, 5.41) is 0. The second-order valence-corrected chi connectivity index (χ2v) is 8.03. The lowest BCUT2D eigenvalue weighted by Gasteiger charge is -2.05. The van der Waals surface area contributed by atoms with E-state index < -0.39 is 10.1 Å². The SMILES string of the molecule is CC[n+]1ccn2c3ccccc3n3ccnc3c21.Cc1ccc(S(=O)(=O)[O-])cc1. The lowest BCUT2D eigenvalue weighted by Crippen LogP contribution is -2.31. The van der Waals surface area contributed by atoms with Gasteiger partial charge in [0.2, 0.25) is 5.65 Å². The molecule has 0 spiro atoms. The summed E-state index contributed by atoms with van der Waals surface area (Å²) in [5.74, 6) is 0. The number of fused-ring (bicyclic) bond motifs is 6. The van der Waals surface area contributed by atoms with Crippen LogP contribution in [0.4, 0.5) is 0 Å². The predicted molar refractivity (Wildman–Crippen MR) is 109 cm³/mol. The van der Waals surface area contributed by atoms with Gasteiger partial charge in [-0.2, -0.15) is 4.40 Å². The summed E-state index contributed by atoms with van der Waals surface area (Å²) in [5.41, 5.74) is 5.45. The van der Waals surface area contributed by atoms with Gasteiger partial charge in [0.1, 0.15) is 22.5 Å². The van der Waals surface area contributed by atoms with Crippen LogP contribution < -0.4 is 4.57 Å². The normalized spacial score (nSPS) is 11.7. The topological polar surface area (TPSA) is 82.8 Å². The first-order valence-electron chi connectivity index (χ1n) is 9.17. The molecule has 0 aliphatic rings. The Bertz CT molecular complexity index is 1420. The van der Waals surface area contributed by atoms with Gasteiger partial charge >= 0.3 is 5.65 Å². The van der Waals surface area contributed by atoms with Gasteiger partial charge in [-0.1, -0.05) is 29.8 Å². The summed E-state index contributed by atoms with van der Waals surface area (Å²) in [6.07, 6.45) is 8.09. The Morgan fingerprint density at radius 3 is 2.28 bits per heavy atom. The molecule has 3 aromatic heterocycles. The Kier molecular flexibility index (Phi) is 4.81. The molecular formula is C21H20N4O3S. The van der Waals surface area contributed by atoms with Crippen molar-refractivity contribution in [2.75, 3.05) is 0 Å². The van der Waals surface area contributed by atoms with Gasteiger partial charge in [-0.15, -0.1) is 0 Å². The van der Waals surface area contributed by atoms with Crippen LogP contribution in [0, 0.1) is 6.92 Å². The molecule has 5 rings (SSSR count). The van der Waals surface area contributed by atoms with E-state index in [4.69, 9.17) is 0 Å². The number of para-hydroxylation sites is 2. The van der Waals surface area contributed by atoms with E-state index in [-0.39, 0.29) is 4.90 Å². The Morgan fingerprint density at radius 1 is 1.00 bits per heavy atom. The predicted octanol–water partition coefficient (Wildman–Crippen LogP) is 2.95. The van der Waals surface area contributed by atoms with Crippen molar-refractivity contribution < 1.29 is 17.5 Å². The molecule has 0 bridgehead atoms. The maximum Gasteiger partial charge on any atom is 0.331 e. The molecule has 5 aromatic rings. The van der Waals surface area contributed by atoms with Crippen LogP contribution in [0.2, 0.25) is 0 Å². The van der Waals surface area contributed by atoms with Gasteiger partial charge in [-0.05, 0) is 38.1 Å². The van der Waals surface area contributed by atoms with E-state index in [2.05, 4.69) is 61.9 Å². The van der Waals surface area contributed by atoms with Crippen LogP contribution in [-0.4, -0.2) is 26.8 Å². The zero-order chi connectivity index (χ0) is 20.6. The van der Waals surface area contributed by atoms with Gasteiger partial charge in [-0.25, -0.2) is 18.0 Å². The molecule has 2 aromatic carbocycles. The van der Waals surface area contributed by atoms with Crippen LogP contribution in [0.5, 0.6) is 0 Å². The van der Waals surface area contributed by atoms with Crippen molar-refractivity contribution in [2.45, 2.75) is 25.3 Å². The van der Waals surface area contributed by atoms with Gasteiger partial charge in [0.05, 0.1) is 17.0 Å². The van der Waals surface area contributed by atoms with Crippen LogP contribution in [-0.2, 0) is 16.7 Å². The summed E-state index contributed by atoms with van der Waals surface area (Å²) in [6.45, 7) is 4.91. The van der Waals surface area contributed by atoms with Crippen LogP contribution in [0.15, 0.2) is 78.2 Å². The lowest BCUT2D eigenvalue weighted by atomic mass is 10.2. The smallest absolute Gasteiger partial charge is 0.331 e. The summed E-state index contributed by atoms with van der Waals surface area (Å²) in [6, 6.07) is 14.2. The number of imidazole rings is 2. The van der Waals surface area contributed by atoms with Crippen molar-refractivity contribution in [1.29, 1.82) is 0 Å². The highest BCUT2D eigenvalue weighted by Gasteiger charge is 2.18. The number of benzene rings is 2. The summed E-state index contributed by atoms with van der Waals surface area (Å²) in [7, 11) is -4.27. The minimum Gasteiger partial charge on any atom is -0.744 e. The first kappa shape index (κ1) is 19.1. The number of hydrogen-bond acceptors (Lipinski definition) is 4. The molecule has 0 fully saturated rings. The van der Waals surface area contributed by atoms with Gasteiger partial charge in [0.25, 0.3) is 0 Å². The molecule has 0 aliphatic carbocycles. The fourth-order valence-electron chi connectivity index (χ4n) is 3.35. The third kappa shape index (κ3) is 3.48. The fourth-order valence-corrected chi connectivity index (χ4v) is 3.82. The van der Waals surface area contributed by atoms with Crippen LogP contribution in [0.1, 0.15) is 12.5 Å². The standard InChI is InChI=1S/C14H13N4.C7H8O3S/c1-2-16-9-10-18-12-6-4-3-5-11(12)17-8-7-15-13(17)14(16)18;1-6-2-4-7(5-3-6)11(8,9)10/h3-10H,2H2,1H3;2-5H,1H3,(H,8,9,10)/q+1;/p-1. The van der Waals surface area contributed by atoms with E-state index in [1.54, 1.807) is 12.1 Å². The maximum absolute atomic E-state index is 10.4. The van der Waals surface area contributed by atoms with E-state index in [0.717, 1.165) is 23.4 Å². The van der Waals surface area contributed by atoms with E-state index in [0.29, 0.717) is 0 Å². The molecule has 148 valence electrons. The molecule has 8 heteroatoms. The summed E-state index contributed by atoms with van der Waals surface area (Å²) in [4.78, 5) is 4.32. The van der Waals surface area contributed by atoms with E-state index >= 15 is 0 Å². The van der Waals surface area contributed by atoms with Crippen LogP contribution in [0.3, 0.4) is 0 Å². The largest absolute Gasteiger partial charge is 0.744 e. The highest BCUT2D eigenvalue weighted by atomic mass is 32.2. The molecule has 0 atom stereocenters. The van der Waals surface area contributed by atoms with E-state index in [9.17, 15) is 13.0 Å². The van der Waals surface area contributed by atoms with Crippen LogP contribution in [0.25, 0.3) is 22.3 Å². The first-order valence-corrected chi connectivity index (χ1v) is 10.6. The molecule has 0 unspecified atom stereocenters. The third-order valence-electron chi connectivity index (χ3n) is 4.79. The van der Waals surface area contributed by atoms with Crippen molar-refractivity contribution in [1.82, 2.24) is 13.8 Å². The molecule has 0 aliphatic heterocycles. The zero-order valence-electron chi connectivity index (χ0n) is 16.1. The molecule has 29 heavy (non-hydrogen) atoms. The van der Waals surface area contributed by atoms with Crippen molar-refractivity contribution in [3.05, 3.63) is 78.9 Å². The Balaban J connectivity index is 0.000000161. The minimum atomic E-state index is -4.27. The lowest BCUT2D eigenvalue weighted by molar-refractivity contribution is -0.666. The highest BCUT2D eigenvalue weighted by Crippen LogP contribution is 2.19. The molecule has 0 radical (unpaired) electrons. The molecule has 0 amide bonds. The molecule has 0 N–H and O–H groups in total. The van der Waals surface area contributed by atoms with Gasteiger partial charge < -0.3 is 4.55 Å². The summed E-state index contributed by atoms with van der Waals surface area (Å²) < 4.78 is 37.7. The second kappa shape index (κ2) is 7.31. The average molecular weight is 408 g/mol. The maximum atomic E-state index is 10.4.